The number of para-hydroxylation sites is 1. The second-order valence-corrected chi connectivity index (χ2v) is 5.44. The van der Waals surface area contributed by atoms with E-state index in [-0.39, 0.29) is 17.7 Å². The van der Waals surface area contributed by atoms with Gasteiger partial charge in [-0.15, -0.1) is 0 Å². The van der Waals surface area contributed by atoms with Crippen molar-refractivity contribution in [1.29, 1.82) is 0 Å². The predicted octanol–water partition coefficient (Wildman–Crippen LogP) is 1.69. The van der Waals surface area contributed by atoms with Gasteiger partial charge in [-0.3, -0.25) is 4.79 Å². The third kappa shape index (κ3) is 4.50. The van der Waals surface area contributed by atoms with Crippen molar-refractivity contribution in [1.82, 2.24) is 25.5 Å². The monoisotopic (exact) mass is 353 g/mol. The number of furan rings is 1. The van der Waals surface area contributed by atoms with Gasteiger partial charge in [-0.1, -0.05) is 18.2 Å². The van der Waals surface area contributed by atoms with E-state index in [1.165, 1.54) is 6.26 Å². The number of hydrogen-bond acceptors (Lipinski definition) is 4. The molecule has 0 atom stereocenters. The van der Waals surface area contributed by atoms with Crippen LogP contribution in [-0.2, 0) is 6.54 Å². The molecule has 0 fully saturated rings. The Kier molecular flexibility index (Phi) is 5.66. The van der Waals surface area contributed by atoms with Gasteiger partial charge in [-0.05, 0) is 23.8 Å². The second kappa shape index (κ2) is 8.52. The molecule has 3 N–H and O–H groups in total. The number of rotatable bonds is 7. The Morgan fingerprint density at radius 1 is 1.04 bits per heavy atom. The minimum absolute atomic E-state index is 0.241. The minimum Gasteiger partial charge on any atom is -0.459 e. The Labute approximate surface area is 150 Å². The van der Waals surface area contributed by atoms with E-state index in [2.05, 4.69) is 20.9 Å². The van der Waals surface area contributed by atoms with E-state index < -0.39 is 0 Å². The van der Waals surface area contributed by atoms with Gasteiger partial charge < -0.3 is 24.9 Å². The zero-order chi connectivity index (χ0) is 18.2. The number of benzene rings is 1. The van der Waals surface area contributed by atoms with Gasteiger partial charge in [0.1, 0.15) is 0 Å². The average molecular weight is 353 g/mol. The normalized spacial score (nSPS) is 10.3. The smallest absolute Gasteiger partial charge is 0.315 e. The van der Waals surface area contributed by atoms with Crippen molar-refractivity contribution in [2.45, 2.75) is 6.54 Å². The highest BCUT2D eigenvalue weighted by Crippen LogP contribution is 2.13. The maximum atomic E-state index is 11.9. The summed E-state index contributed by atoms with van der Waals surface area (Å²) in [6.07, 6.45) is 6.69. The van der Waals surface area contributed by atoms with Crippen LogP contribution in [0.25, 0.3) is 5.69 Å². The summed E-state index contributed by atoms with van der Waals surface area (Å²) < 4.78 is 6.87. The van der Waals surface area contributed by atoms with Crippen molar-refractivity contribution in [3.63, 3.8) is 0 Å². The highest BCUT2D eigenvalue weighted by Gasteiger charge is 2.08. The van der Waals surface area contributed by atoms with Crippen molar-refractivity contribution in [2.24, 2.45) is 0 Å². The largest absolute Gasteiger partial charge is 0.459 e. The zero-order valence-electron chi connectivity index (χ0n) is 14.0. The number of nitrogens with zero attached hydrogens (tertiary/aromatic N) is 2. The van der Waals surface area contributed by atoms with Crippen LogP contribution in [0.3, 0.4) is 0 Å². The van der Waals surface area contributed by atoms with E-state index in [1.807, 2.05) is 35.0 Å². The lowest BCUT2D eigenvalue weighted by Crippen LogP contribution is -2.40. The van der Waals surface area contributed by atoms with Gasteiger partial charge in [0.05, 0.1) is 18.3 Å². The standard InChI is InChI=1S/C18H19N5O3/c24-17(16-6-3-11-26-16)20-7-8-21-18(25)22-12-14-4-1-2-5-15(14)23-10-9-19-13-23/h1-6,9-11,13H,7-8,12H2,(H,20,24)(H2,21,22,25). The molecular formula is C18H19N5O3. The molecular weight excluding hydrogens is 334 g/mol. The fourth-order valence-electron chi connectivity index (χ4n) is 2.40. The highest BCUT2D eigenvalue weighted by molar-refractivity contribution is 5.91. The van der Waals surface area contributed by atoms with E-state index >= 15 is 0 Å². The summed E-state index contributed by atoms with van der Waals surface area (Å²) >= 11 is 0. The zero-order valence-corrected chi connectivity index (χ0v) is 14.0. The number of amides is 3. The Morgan fingerprint density at radius 2 is 1.88 bits per heavy atom. The summed E-state index contributed by atoms with van der Waals surface area (Å²) in [4.78, 5) is 27.6. The first-order valence-electron chi connectivity index (χ1n) is 8.13. The second-order valence-electron chi connectivity index (χ2n) is 5.44. The lowest BCUT2D eigenvalue weighted by Gasteiger charge is -2.12. The van der Waals surface area contributed by atoms with Gasteiger partial charge in [0.2, 0.25) is 0 Å². The number of aromatic nitrogens is 2. The molecule has 0 saturated heterocycles. The first-order chi connectivity index (χ1) is 12.7. The van der Waals surface area contributed by atoms with E-state index in [0.29, 0.717) is 19.6 Å². The first-order valence-corrected chi connectivity index (χ1v) is 8.13. The molecule has 0 aliphatic carbocycles. The molecule has 3 rings (SSSR count). The van der Waals surface area contributed by atoms with Crippen molar-refractivity contribution < 1.29 is 14.0 Å². The van der Waals surface area contributed by atoms with Crippen molar-refractivity contribution in [3.8, 4) is 5.69 Å². The van der Waals surface area contributed by atoms with Crippen LogP contribution in [0, 0.1) is 0 Å². The predicted molar refractivity (Wildman–Crippen MR) is 94.8 cm³/mol. The Bertz CT molecular complexity index is 844. The van der Waals surface area contributed by atoms with Crippen LogP contribution in [0.15, 0.2) is 65.8 Å². The van der Waals surface area contributed by atoms with Crippen LogP contribution in [-0.4, -0.2) is 34.6 Å². The molecule has 0 bridgehead atoms. The SMILES string of the molecule is O=C(NCCNC(=O)c1ccco1)NCc1ccccc1-n1ccnc1. The molecule has 8 nitrogen and oxygen atoms in total. The van der Waals surface area contributed by atoms with Crippen LogP contribution in [0.1, 0.15) is 16.1 Å². The summed E-state index contributed by atoms with van der Waals surface area (Å²) in [6, 6.07) is 10.7. The molecule has 3 aromatic rings. The number of urea groups is 1. The summed E-state index contributed by atoms with van der Waals surface area (Å²) in [6.45, 7) is 0.985. The van der Waals surface area contributed by atoms with Crippen LogP contribution < -0.4 is 16.0 Å². The summed E-state index contributed by atoms with van der Waals surface area (Å²) in [5.41, 5.74) is 1.92. The van der Waals surface area contributed by atoms with Crippen LogP contribution in [0.4, 0.5) is 4.79 Å². The Morgan fingerprint density at radius 3 is 2.65 bits per heavy atom. The van der Waals surface area contributed by atoms with Gasteiger partial charge in [-0.25, -0.2) is 9.78 Å². The molecule has 0 spiro atoms. The third-order valence-electron chi connectivity index (χ3n) is 3.65. The molecule has 1 aromatic carbocycles. The van der Waals surface area contributed by atoms with Crippen LogP contribution >= 0.6 is 0 Å². The number of carbonyl (C=O) groups excluding carboxylic acids is 2. The minimum atomic E-state index is -0.313. The molecule has 8 heteroatoms. The van der Waals surface area contributed by atoms with E-state index in [4.69, 9.17) is 4.42 Å². The first kappa shape index (κ1) is 17.3. The molecule has 3 amide bonds. The molecule has 0 unspecified atom stereocenters. The molecule has 0 radical (unpaired) electrons. The molecule has 0 aliphatic rings. The van der Waals surface area contributed by atoms with E-state index in [1.54, 1.807) is 24.7 Å². The Hall–Kier alpha value is -3.55. The van der Waals surface area contributed by atoms with Crippen molar-refractivity contribution in [3.05, 3.63) is 72.7 Å². The van der Waals surface area contributed by atoms with Gasteiger partial charge in [0.25, 0.3) is 5.91 Å². The molecule has 134 valence electrons. The average Bonchev–Trinajstić information content (AvgIpc) is 3.37. The summed E-state index contributed by atoms with van der Waals surface area (Å²) in [7, 11) is 0. The van der Waals surface area contributed by atoms with Gasteiger partial charge in [-0.2, -0.15) is 0 Å². The van der Waals surface area contributed by atoms with E-state index in [0.717, 1.165) is 11.3 Å². The number of hydrogen-bond donors (Lipinski definition) is 3. The molecule has 0 saturated carbocycles. The number of imidazole rings is 1. The van der Waals surface area contributed by atoms with Crippen LogP contribution in [0.2, 0.25) is 0 Å². The summed E-state index contributed by atoms with van der Waals surface area (Å²) in [5, 5.41) is 8.15. The summed E-state index contributed by atoms with van der Waals surface area (Å²) in [5.74, 6) is -0.0722. The number of carbonyl (C=O) groups is 2. The quantitative estimate of drug-likeness (QED) is 0.563. The van der Waals surface area contributed by atoms with Crippen LogP contribution in [0.5, 0.6) is 0 Å². The third-order valence-corrected chi connectivity index (χ3v) is 3.65. The van der Waals surface area contributed by atoms with Gasteiger partial charge in [0.15, 0.2) is 5.76 Å². The molecule has 2 aromatic heterocycles. The topological polar surface area (TPSA) is 101 Å². The fourth-order valence-corrected chi connectivity index (χ4v) is 2.40. The van der Waals surface area contributed by atoms with Crippen molar-refractivity contribution in [2.75, 3.05) is 13.1 Å². The lowest BCUT2D eigenvalue weighted by molar-refractivity contribution is 0.0926. The van der Waals surface area contributed by atoms with Crippen molar-refractivity contribution >= 4 is 11.9 Å². The van der Waals surface area contributed by atoms with Gasteiger partial charge in [0, 0.05) is 32.0 Å². The number of nitrogens with one attached hydrogen (secondary N) is 3. The molecule has 2 heterocycles. The Balaban J connectivity index is 1.42. The molecule has 26 heavy (non-hydrogen) atoms. The highest BCUT2D eigenvalue weighted by atomic mass is 16.3. The van der Waals surface area contributed by atoms with E-state index in [9.17, 15) is 9.59 Å². The fraction of sp³-hybridized carbons (Fsp3) is 0.167. The van der Waals surface area contributed by atoms with Gasteiger partial charge >= 0.3 is 6.03 Å². The maximum Gasteiger partial charge on any atom is 0.315 e. The maximum absolute atomic E-state index is 11.9. The lowest BCUT2D eigenvalue weighted by atomic mass is 10.1. The molecule has 0 aliphatic heterocycles.